The zero-order valence-corrected chi connectivity index (χ0v) is 30.8. The summed E-state index contributed by atoms with van der Waals surface area (Å²) in [5.74, 6) is 0. The molecule has 6 heteroatoms. The quantitative estimate of drug-likeness (QED) is 0.133. The molecule has 0 saturated carbocycles. The van der Waals surface area contributed by atoms with Crippen molar-refractivity contribution in [2.45, 2.75) is 18.9 Å². The van der Waals surface area contributed by atoms with Gasteiger partial charge < -0.3 is 20.2 Å². The van der Waals surface area contributed by atoms with Crippen LogP contribution in [0.1, 0.15) is 46.1 Å². The number of benzene rings is 5. The molecule has 5 heterocycles. The van der Waals surface area contributed by atoms with Gasteiger partial charge in [0.2, 0.25) is 0 Å². The van der Waals surface area contributed by atoms with Crippen molar-refractivity contribution in [3.63, 3.8) is 0 Å². The van der Waals surface area contributed by atoms with E-state index in [0.29, 0.717) is 0 Å². The van der Waals surface area contributed by atoms with Crippen LogP contribution in [0.4, 0.5) is 0 Å². The van der Waals surface area contributed by atoms with Gasteiger partial charge in [-0.2, -0.15) is 0 Å². The van der Waals surface area contributed by atoms with Crippen LogP contribution in [0.3, 0.4) is 0 Å². The molecular formula is C50H37N6+. The largest absolute Gasteiger partial charge is 0.404 e. The highest BCUT2D eigenvalue weighted by molar-refractivity contribution is 6.12. The summed E-state index contributed by atoms with van der Waals surface area (Å²) >= 11 is 0. The summed E-state index contributed by atoms with van der Waals surface area (Å²) < 4.78 is 9.20. The molecule has 266 valence electrons. The van der Waals surface area contributed by atoms with Gasteiger partial charge in [0, 0.05) is 40.1 Å². The molecule has 0 saturated heterocycles. The van der Waals surface area contributed by atoms with E-state index in [0.717, 1.165) is 45.8 Å². The van der Waals surface area contributed by atoms with E-state index in [1.54, 1.807) is 6.20 Å². The minimum Gasteiger partial charge on any atom is -0.404 e. The lowest BCUT2D eigenvalue weighted by molar-refractivity contribution is 0.759. The summed E-state index contributed by atoms with van der Waals surface area (Å²) in [6.45, 7) is 2.83. The van der Waals surface area contributed by atoms with Crippen LogP contribution < -0.4 is 15.7 Å². The maximum Gasteiger partial charge on any atom is 0.317 e. The van der Waals surface area contributed by atoms with Gasteiger partial charge in [0.05, 0.1) is 34.3 Å². The lowest BCUT2D eigenvalue weighted by Crippen LogP contribution is -2.30. The highest BCUT2D eigenvalue weighted by Crippen LogP contribution is 2.57. The van der Waals surface area contributed by atoms with Gasteiger partial charge in [0.25, 0.3) is 0 Å². The van der Waals surface area contributed by atoms with Crippen molar-refractivity contribution < 1.29 is 0 Å². The molecule has 0 fully saturated rings. The van der Waals surface area contributed by atoms with Gasteiger partial charge >= 0.3 is 12.4 Å². The van der Waals surface area contributed by atoms with Crippen molar-refractivity contribution in [1.29, 1.82) is 0 Å². The minimum atomic E-state index is -0.648. The Morgan fingerprint density at radius 1 is 0.750 bits per heavy atom. The van der Waals surface area contributed by atoms with Crippen LogP contribution in [-0.2, 0) is 12.0 Å². The molecule has 5 aromatic carbocycles. The normalized spacial score (nSPS) is 16.4. The van der Waals surface area contributed by atoms with Gasteiger partial charge in [0.15, 0.2) is 0 Å². The van der Waals surface area contributed by atoms with E-state index < -0.39 is 5.41 Å². The van der Waals surface area contributed by atoms with Gasteiger partial charge in [-0.25, -0.2) is 0 Å². The molecule has 0 amide bonds. The molecular weight excluding hydrogens is 685 g/mol. The van der Waals surface area contributed by atoms with E-state index in [9.17, 15) is 0 Å². The Balaban J connectivity index is 1.06. The Labute approximate surface area is 324 Å². The molecule has 0 bridgehead atoms. The molecule has 3 aromatic heterocycles. The number of para-hydroxylation sites is 1. The smallest absolute Gasteiger partial charge is 0.317 e. The first-order chi connectivity index (χ1) is 27.7. The van der Waals surface area contributed by atoms with E-state index in [-0.39, 0.29) is 0 Å². The van der Waals surface area contributed by atoms with Crippen molar-refractivity contribution in [1.82, 2.24) is 24.1 Å². The fourth-order valence-corrected chi connectivity index (χ4v) is 9.56. The number of fused-ring (bicyclic) bond motifs is 9. The van der Waals surface area contributed by atoms with Gasteiger partial charge in [-0.1, -0.05) is 89.6 Å². The maximum absolute atomic E-state index is 6.56. The van der Waals surface area contributed by atoms with Crippen LogP contribution in [0.25, 0.3) is 61.5 Å². The molecule has 1 unspecified atom stereocenters. The molecule has 2 aliphatic heterocycles. The van der Waals surface area contributed by atoms with Crippen molar-refractivity contribution >= 4 is 40.3 Å². The predicted molar refractivity (Wildman–Crippen MR) is 231 cm³/mol. The lowest BCUT2D eigenvalue weighted by Gasteiger charge is -2.34. The fourth-order valence-electron chi connectivity index (χ4n) is 9.56. The van der Waals surface area contributed by atoms with Gasteiger partial charge in [-0.05, 0) is 118 Å². The first kappa shape index (κ1) is 32.1. The monoisotopic (exact) mass is 721 g/mol. The molecule has 3 N–H and O–H groups in total. The summed E-state index contributed by atoms with van der Waals surface area (Å²) in [5, 5.41) is 5.82. The Bertz CT molecular complexity index is 3060. The SMILES string of the molecule is CC=CC(=CN)C1(c2cccnc2)c2ccccc2-c2cc3c4ccccc4n(-c4ccc(-c5ccc(-n6c7c(c8c6CNC=C8)C=[N+]=C7)cc5)cc4)c3cc21. The second kappa shape index (κ2) is 12.3. The second-order valence-electron chi connectivity index (χ2n) is 14.6. The van der Waals surface area contributed by atoms with Gasteiger partial charge in [-0.3, -0.25) is 4.98 Å². The van der Waals surface area contributed by atoms with Crippen LogP contribution in [0, 0.1) is 0 Å². The first-order valence-electron chi connectivity index (χ1n) is 19.1. The summed E-state index contributed by atoms with van der Waals surface area (Å²) in [7, 11) is 0. The number of hydrogen-bond donors (Lipinski definition) is 2. The summed E-state index contributed by atoms with van der Waals surface area (Å²) in [5.41, 5.74) is 24.5. The molecule has 3 aliphatic rings. The topological polar surface area (TPSA) is 74.9 Å². The van der Waals surface area contributed by atoms with Gasteiger partial charge in [-0.15, -0.1) is 0 Å². The van der Waals surface area contributed by atoms with Crippen LogP contribution in [0.2, 0.25) is 0 Å². The van der Waals surface area contributed by atoms with Crippen LogP contribution in [0.15, 0.2) is 164 Å². The number of nitrogens with one attached hydrogen (secondary N) is 1. The third kappa shape index (κ3) is 4.39. The van der Waals surface area contributed by atoms with Crippen molar-refractivity contribution in [3.05, 3.63) is 203 Å². The van der Waals surface area contributed by atoms with E-state index in [1.807, 2.05) is 44.0 Å². The van der Waals surface area contributed by atoms with E-state index in [2.05, 4.69) is 158 Å². The number of rotatable bonds is 6. The Morgan fingerprint density at radius 2 is 1.52 bits per heavy atom. The molecule has 0 radical (unpaired) electrons. The molecule has 56 heavy (non-hydrogen) atoms. The Kier molecular flexibility index (Phi) is 7.05. The van der Waals surface area contributed by atoms with Crippen molar-refractivity contribution in [2.24, 2.45) is 5.73 Å². The van der Waals surface area contributed by atoms with Crippen LogP contribution in [-0.4, -0.2) is 26.5 Å². The van der Waals surface area contributed by atoms with Crippen molar-refractivity contribution in [2.75, 3.05) is 0 Å². The lowest BCUT2D eigenvalue weighted by atomic mass is 9.67. The molecule has 6 nitrogen and oxygen atoms in total. The van der Waals surface area contributed by atoms with Gasteiger partial charge in [0.1, 0.15) is 5.69 Å². The number of aromatic nitrogens is 3. The Morgan fingerprint density at radius 3 is 2.29 bits per heavy atom. The van der Waals surface area contributed by atoms with E-state index in [4.69, 9.17) is 5.73 Å². The number of nitrogens with zero attached hydrogens (tertiary/aromatic N) is 4. The zero-order valence-electron chi connectivity index (χ0n) is 30.8. The highest BCUT2D eigenvalue weighted by Gasteiger charge is 2.47. The minimum absolute atomic E-state index is 0.648. The third-order valence-electron chi connectivity index (χ3n) is 11.9. The summed E-state index contributed by atoms with van der Waals surface area (Å²) in [4.78, 5) is 4.63. The molecule has 1 atom stereocenters. The zero-order chi connectivity index (χ0) is 37.4. The predicted octanol–water partition coefficient (Wildman–Crippen LogP) is 9.36. The third-order valence-corrected chi connectivity index (χ3v) is 11.9. The number of pyridine rings is 1. The number of allylic oxidation sites excluding steroid dienone is 3. The number of nitrogens with two attached hydrogens (primary N) is 1. The van der Waals surface area contributed by atoms with Crippen LogP contribution >= 0.6 is 0 Å². The molecule has 11 rings (SSSR count). The fraction of sp³-hybridized carbons (Fsp3) is 0.0600. The average molecular weight is 722 g/mol. The summed E-state index contributed by atoms with van der Waals surface area (Å²) in [6, 6.07) is 44.3. The highest BCUT2D eigenvalue weighted by atomic mass is 15.1. The van der Waals surface area contributed by atoms with Crippen LogP contribution in [0.5, 0.6) is 0 Å². The van der Waals surface area contributed by atoms with Crippen molar-refractivity contribution in [3.8, 4) is 33.6 Å². The first-order valence-corrected chi connectivity index (χ1v) is 19.1. The average Bonchev–Trinajstić information content (AvgIpc) is 4.01. The molecule has 8 aromatic rings. The second-order valence-corrected chi connectivity index (χ2v) is 14.6. The summed E-state index contributed by atoms with van der Waals surface area (Å²) in [6.07, 6.45) is 17.9. The Hall–Kier alpha value is -7.40. The van der Waals surface area contributed by atoms with E-state index in [1.165, 1.54) is 60.9 Å². The molecule has 1 aliphatic carbocycles. The number of hydrogen-bond acceptors (Lipinski definition) is 3. The standard InChI is InChI=1S/C50H37N6/c1-2-8-34(27-51)50(35-9-7-23-52-28-35)44-12-5-3-10-38(44)41-25-42-39-11-4-6-13-46(39)55(47(42)26-45(41)50)36-18-14-32(15-19-36)33-16-20-37(21-17-33)56-48-30-53-24-22-40(48)43-29-54-31-49(43)56/h2-29,31,53H,30,51H2,1H3/q+1. The van der Waals surface area contributed by atoms with E-state index >= 15 is 0 Å². The maximum atomic E-state index is 6.56. The molecule has 0 spiro atoms.